The maximum absolute atomic E-state index is 11.8. The standard InChI is InChI=1S/C5H4BrF3N2S/c6-4-11-2(3(10)12-4)1-5(7,8)9/h1,10H2. The predicted octanol–water partition coefficient (Wildman–Crippen LogP) is 2.59. The first kappa shape index (κ1) is 9.79. The van der Waals surface area contributed by atoms with Crippen molar-refractivity contribution in [2.45, 2.75) is 12.6 Å². The van der Waals surface area contributed by atoms with E-state index in [0.717, 1.165) is 11.3 Å². The molecule has 2 nitrogen and oxygen atoms in total. The third kappa shape index (κ3) is 2.63. The number of nitrogens with zero attached hydrogens (tertiary/aromatic N) is 1. The van der Waals surface area contributed by atoms with E-state index in [-0.39, 0.29) is 10.7 Å². The summed E-state index contributed by atoms with van der Waals surface area (Å²) in [6.07, 6.45) is -5.32. The molecule has 0 atom stereocenters. The molecule has 0 radical (unpaired) electrons. The topological polar surface area (TPSA) is 38.9 Å². The molecule has 0 aromatic carbocycles. The number of halogens is 4. The quantitative estimate of drug-likeness (QED) is 0.843. The minimum atomic E-state index is -4.25. The Bertz CT molecular complexity index is 283. The van der Waals surface area contributed by atoms with Crippen LogP contribution in [0.1, 0.15) is 5.69 Å². The molecule has 0 fully saturated rings. The number of thiazole rings is 1. The van der Waals surface area contributed by atoms with Gasteiger partial charge < -0.3 is 5.73 Å². The van der Waals surface area contributed by atoms with Crippen molar-refractivity contribution >= 4 is 32.3 Å². The largest absolute Gasteiger partial charge is 0.394 e. The second kappa shape index (κ2) is 3.21. The van der Waals surface area contributed by atoms with Crippen LogP contribution in [-0.2, 0) is 6.42 Å². The van der Waals surface area contributed by atoms with Crippen LogP contribution in [0.3, 0.4) is 0 Å². The lowest BCUT2D eigenvalue weighted by atomic mass is 10.3. The predicted molar refractivity (Wildman–Crippen MR) is 44.0 cm³/mol. The first-order valence-electron chi connectivity index (χ1n) is 2.86. The molecule has 2 N–H and O–H groups in total. The normalized spacial score (nSPS) is 12.0. The summed E-state index contributed by atoms with van der Waals surface area (Å²) < 4.78 is 35.8. The zero-order valence-electron chi connectivity index (χ0n) is 5.65. The Morgan fingerprint density at radius 3 is 2.42 bits per heavy atom. The van der Waals surface area contributed by atoms with Crippen LogP contribution >= 0.6 is 27.3 Å². The number of hydrogen-bond donors (Lipinski definition) is 1. The lowest BCUT2D eigenvalue weighted by Gasteiger charge is -2.02. The fourth-order valence-electron chi connectivity index (χ4n) is 0.650. The lowest BCUT2D eigenvalue weighted by molar-refractivity contribution is -0.127. The van der Waals surface area contributed by atoms with Crippen LogP contribution in [0, 0.1) is 0 Å². The van der Waals surface area contributed by atoms with Gasteiger partial charge in [-0.15, -0.1) is 0 Å². The van der Waals surface area contributed by atoms with E-state index < -0.39 is 12.6 Å². The molecule has 1 aromatic rings. The van der Waals surface area contributed by atoms with Gasteiger partial charge in [0.05, 0.1) is 12.1 Å². The van der Waals surface area contributed by atoms with Crippen molar-refractivity contribution in [3.05, 3.63) is 9.61 Å². The van der Waals surface area contributed by atoms with Gasteiger partial charge in [0.15, 0.2) is 3.92 Å². The van der Waals surface area contributed by atoms with Crippen LogP contribution < -0.4 is 5.73 Å². The molecule has 0 aliphatic heterocycles. The van der Waals surface area contributed by atoms with Crippen molar-refractivity contribution < 1.29 is 13.2 Å². The van der Waals surface area contributed by atoms with Crippen molar-refractivity contribution in [3.63, 3.8) is 0 Å². The Hall–Kier alpha value is -0.300. The first-order chi connectivity index (χ1) is 5.38. The average Bonchev–Trinajstić information content (AvgIpc) is 2.06. The third-order valence-corrected chi connectivity index (χ3v) is 2.45. The van der Waals surface area contributed by atoms with Gasteiger partial charge in [0, 0.05) is 0 Å². The zero-order chi connectivity index (χ0) is 9.35. The first-order valence-corrected chi connectivity index (χ1v) is 4.47. The van der Waals surface area contributed by atoms with Crippen molar-refractivity contribution in [3.8, 4) is 0 Å². The molecule has 0 spiro atoms. The Morgan fingerprint density at radius 2 is 2.08 bits per heavy atom. The fraction of sp³-hybridized carbons (Fsp3) is 0.400. The van der Waals surface area contributed by atoms with Gasteiger partial charge in [-0.1, -0.05) is 11.3 Å². The zero-order valence-corrected chi connectivity index (χ0v) is 8.05. The molecular weight excluding hydrogens is 257 g/mol. The van der Waals surface area contributed by atoms with E-state index in [4.69, 9.17) is 5.73 Å². The highest BCUT2D eigenvalue weighted by molar-refractivity contribution is 9.11. The van der Waals surface area contributed by atoms with Crippen molar-refractivity contribution in [2.24, 2.45) is 0 Å². The van der Waals surface area contributed by atoms with Crippen LogP contribution in [0.2, 0.25) is 0 Å². The van der Waals surface area contributed by atoms with Crippen molar-refractivity contribution in [1.29, 1.82) is 0 Å². The summed E-state index contributed by atoms with van der Waals surface area (Å²) in [5.74, 6) is 0. The van der Waals surface area contributed by atoms with Gasteiger partial charge in [-0.25, -0.2) is 4.98 Å². The van der Waals surface area contributed by atoms with Gasteiger partial charge in [-0.3, -0.25) is 0 Å². The van der Waals surface area contributed by atoms with E-state index in [1.54, 1.807) is 0 Å². The number of rotatable bonds is 1. The smallest absolute Gasteiger partial charge is 0.389 e. The van der Waals surface area contributed by atoms with E-state index in [0.29, 0.717) is 3.92 Å². The van der Waals surface area contributed by atoms with Gasteiger partial charge in [0.25, 0.3) is 0 Å². The van der Waals surface area contributed by atoms with Gasteiger partial charge in [-0.05, 0) is 15.9 Å². The highest BCUT2D eigenvalue weighted by atomic mass is 79.9. The van der Waals surface area contributed by atoms with Crippen LogP contribution in [0.15, 0.2) is 3.92 Å². The van der Waals surface area contributed by atoms with E-state index in [9.17, 15) is 13.2 Å². The summed E-state index contributed by atoms with van der Waals surface area (Å²) in [4.78, 5) is 3.59. The molecule has 0 aliphatic carbocycles. The summed E-state index contributed by atoms with van der Waals surface area (Å²) in [7, 11) is 0. The maximum Gasteiger partial charge on any atom is 0.394 e. The fourth-order valence-corrected chi connectivity index (χ4v) is 1.96. The number of nitrogen functional groups attached to an aromatic ring is 1. The lowest BCUT2D eigenvalue weighted by Crippen LogP contribution is -2.12. The van der Waals surface area contributed by atoms with Crippen molar-refractivity contribution in [2.75, 3.05) is 5.73 Å². The molecule has 0 bridgehead atoms. The maximum atomic E-state index is 11.8. The van der Waals surface area contributed by atoms with Crippen molar-refractivity contribution in [1.82, 2.24) is 4.98 Å². The number of aromatic nitrogens is 1. The molecule has 1 rings (SSSR count). The molecule has 68 valence electrons. The number of nitrogens with two attached hydrogens (primary N) is 1. The molecular formula is C5H4BrF3N2S. The van der Waals surface area contributed by atoms with E-state index in [1.807, 2.05) is 0 Å². The average molecular weight is 261 g/mol. The van der Waals surface area contributed by atoms with Gasteiger partial charge >= 0.3 is 6.18 Å². The van der Waals surface area contributed by atoms with Gasteiger partial charge in [-0.2, -0.15) is 13.2 Å². The van der Waals surface area contributed by atoms with Gasteiger partial charge in [0.1, 0.15) is 5.00 Å². The highest BCUT2D eigenvalue weighted by Crippen LogP contribution is 2.30. The van der Waals surface area contributed by atoms with Crippen LogP contribution in [0.4, 0.5) is 18.2 Å². The summed E-state index contributed by atoms with van der Waals surface area (Å²) in [5, 5.41) is 0.110. The third-order valence-electron chi connectivity index (χ3n) is 1.07. The Balaban J connectivity index is 2.82. The van der Waals surface area contributed by atoms with E-state index >= 15 is 0 Å². The Morgan fingerprint density at radius 1 is 1.50 bits per heavy atom. The summed E-state index contributed by atoms with van der Waals surface area (Å²) >= 11 is 3.94. The molecule has 0 amide bonds. The molecule has 0 aliphatic rings. The second-order valence-electron chi connectivity index (χ2n) is 2.07. The number of hydrogen-bond acceptors (Lipinski definition) is 3. The summed E-state index contributed by atoms with van der Waals surface area (Å²) in [5.41, 5.74) is 5.16. The monoisotopic (exact) mass is 260 g/mol. The molecule has 0 saturated heterocycles. The summed E-state index contributed by atoms with van der Waals surface area (Å²) in [6, 6.07) is 0. The molecule has 0 saturated carbocycles. The van der Waals surface area contributed by atoms with E-state index in [2.05, 4.69) is 20.9 Å². The number of alkyl halides is 3. The SMILES string of the molecule is Nc1sc(Br)nc1CC(F)(F)F. The Kier molecular flexibility index (Phi) is 2.62. The van der Waals surface area contributed by atoms with Gasteiger partial charge in [0.2, 0.25) is 0 Å². The highest BCUT2D eigenvalue weighted by Gasteiger charge is 2.30. The minimum absolute atomic E-state index is 0.110. The number of anilines is 1. The van der Waals surface area contributed by atoms with Crippen LogP contribution in [-0.4, -0.2) is 11.2 Å². The molecule has 1 aromatic heterocycles. The molecule has 0 unspecified atom stereocenters. The Labute approximate surface area is 78.7 Å². The van der Waals surface area contributed by atoms with Crippen LogP contribution in [0.5, 0.6) is 0 Å². The molecule has 7 heteroatoms. The molecule has 1 heterocycles. The van der Waals surface area contributed by atoms with E-state index in [1.165, 1.54) is 0 Å². The second-order valence-corrected chi connectivity index (χ2v) is 4.38. The molecule has 12 heavy (non-hydrogen) atoms. The van der Waals surface area contributed by atoms with Crippen LogP contribution in [0.25, 0.3) is 0 Å². The minimum Gasteiger partial charge on any atom is -0.389 e. The summed E-state index contributed by atoms with van der Waals surface area (Å²) in [6.45, 7) is 0.